The van der Waals surface area contributed by atoms with Crippen LogP contribution in [0.5, 0.6) is 5.75 Å². The summed E-state index contributed by atoms with van der Waals surface area (Å²) in [5.74, 6) is 0.486. The number of halogens is 2. The minimum absolute atomic E-state index is 0.201. The second kappa shape index (κ2) is 7.91. The highest BCUT2D eigenvalue weighted by molar-refractivity contribution is 6.35. The Hall–Kier alpha value is -1.71. The second-order valence-electron chi connectivity index (χ2n) is 5.98. The summed E-state index contributed by atoms with van der Waals surface area (Å²) in [7, 11) is 0. The van der Waals surface area contributed by atoms with Crippen molar-refractivity contribution in [2.45, 2.75) is 39.8 Å². The first-order chi connectivity index (χ1) is 11.3. The second-order valence-corrected chi connectivity index (χ2v) is 6.82. The van der Waals surface area contributed by atoms with Gasteiger partial charge in [-0.25, -0.2) is 0 Å². The average Bonchev–Trinajstić information content (AvgIpc) is 2.45. The third-order valence-electron chi connectivity index (χ3n) is 3.67. The number of amides is 1. The van der Waals surface area contributed by atoms with Gasteiger partial charge >= 0.3 is 0 Å². The maximum atomic E-state index is 12.4. The third kappa shape index (κ3) is 4.89. The SMILES string of the molecule is Cc1cc(C)cc(O[C@@H](C)C(=O)N[C@H](C)c2ccc(Cl)cc2Cl)c1. The Morgan fingerprint density at radius 2 is 1.67 bits per heavy atom. The van der Waals surface area contributed by atoms with E-state index in [-0.39, 0.29) is 11.9 Å². The van der Waals surface area contributed by atoms with Crippen molar-refractivity contribution < 1.29 is 9.53 Å². The van der Waals surface area contributed by atoms with Crippen LogP contribution in [-0.2, 0) is 4.79 Å². The zero-order valence-electron chi connectivity index (χ0n) is 14.2. The molecule has 0 bridgehead atoms. The standard InChI is InChI=1S/C19H21Cl2NO2/c1-11-7-12(2)9-16(8-11)24-14(4)19(23)22-13(3)17-6-5-15(20)10-18(17)21/h5-10,13-14H,1-4H3,(H,22,23)/t13-,14+/m1/s1. The lowest BCUT2D eigenvalue weighted by Gasteiger charge is -2.20. The lowest BCUT2D eigenvalue weighted by atomic mass is 10.1. The molecule has 0 aliphatic carbocycles. The lowest BCUT2D eigenvalue weighted by molar-refractivity contribution is -0.127. The summed E-state index contributed by atoms with van der Waals surface area (Å²) >= 11 is 12.1. The fourth-order valence-electron chi connectivity index (χ4n) is 2.52. The normalized spacial score (nSPS) is 13.2. The molecule has 0 spiro atoms. The van der Waals surface area contributed by atoms with Crippen molar-refractivity contribution in [3.63, 3.8) is 0 Å². The van der Waals surface area contributed by atoms with Gasteiger partial charge in [0.05, 0.1) is 6.04 Å². The number of carbonyl (C=O) groups excluding carboxylic acids is 1. The average molecular weight is 366 g/mol. The van der Waals surface area contributed by atoms with E-state index in [1.807, 2.05) is 39.0 Å². The van der Waals surface area contributed by atoms with Gasteiger partial charge < -0.3 is 10.1 Å². The molecule has 1 amide bonds. The Bertz CT molecular complexity index is 726. The molecule has 128 valence electrons. The monoisotopic (exact) mass is 365 g/mol. The van der Waals surface area contributed by atoms with Crippen LogP contribution in [0.3, 0.4) is 0 Å². The molecule has 2 aromatic rings. The highest BCUT2D eigenvalue weighted by atomic mass is 35.5. The first kappa shape index (κ1) is 18.6. The van der Waals surface area contributed by atoms with Gasteiger partial charge in [0.1, 0.15) is 5.75 Å². The van der Waals surface area contributed by atoms with E-state index in [4.69, 9.17) is 27.9 Å². The van der Waals surface area contributed by atoms with Gasteiger partial charge in [-0.1, -0.05) is 35.3 Å². The summed E-state index contributed by atoms with van der Waals surface area (Å²) in [6.45, 7) is 7.59. The Morgan fingerprint density at radius 3 is 2.25 bits per heavy atom. The predicted molar refractivity (Wildman–Crippen MR) is 99.0 cm³/mol. The van der Waals surface area contributed by atoms with Crippen LogP contribution < -0.4 is 10.1 Å². The van der Waals surface area contributed by atoms with Crippen LogP contribution in [0.25, 0.3) is 0 Å². The van der Waals surface area contributed by atoms with E-state index in [0.717, 1.165) is 16.7 Å². The fourth-order valence-corrected chi connectivity index (χ4v) is 3.09. The first-order valence-electron chi connectivity index (χ1n) is 7.76. The topological polar surface area (TPSA) is 38.3 Å². The molecule has 0 saturated heterocycles. The minimum atomic E-state index is -0.611. The largest absolute Gasteiger partial charge is 0.481 e. The van der Waals surface area contributed by atoms with Gasteiger partial charge in [-0.2, -0.15) is 0 Å². The molecule has 0 saturated carbocycles. The summed E-state index contributed by atoms with van der Waals surface area (Å²) in [5, 5.41) is 4.00. The van der Waals surface area contributed by atoms with Crippen LogP contribution in [0.15, 0.2) is 36.4 Å². The van der Waals surface area contributed by atoms with Gasteiger partial charge in [0, 0.05) is 10.0 Å². The van der Waals surface area contributed by atoms with Crippen molar-refractivity contribution in [1.29, 1.82) is 0 Å². The first-order valence-corrected chi connectivity index (χ1v) is 8.52. The molecule has 0 radical (unpaired) electrons. The Kier molecular flexibility index (Phi) is 6.14. The molecular formula is C19H21Cl2NO2. The zero-order chi connectivity index (χ0) is 17.9. The van der Waals surface area contributed by atoms with Gasteiger partial charge in [-0.15, -0.1) is 0 Å². The van der Waals surface area contributed by atoms with E-state index < -0.39 is 6.10 Å². The number of hydrogen-bond donors (Lipinski definition) is 1. The molecule has 3 nitrogen and oxygen atoms in total. The van der Waals surface area contributed by atoms with Crippen LogP contribution in [0, 0.1) is 13.8 Å². The zero-order valence-corrected chi connectivity index (χ0v) is 15.7. The van der Waals surface area contributed by atoms with Crippen LogP contribution in [0.4, 0.5) is 0 Å². The Morgan fingerprint density at radius 1 is 1.04 bits per heavy atom. The van der Waals surface area contributed by atoms with E-state index in [1.165, 1.54) is 0 Å². The van der Waals surface area contributed by atoms with Crippen molar-refractivity contribution in [2.75, 3.05) is 0 Å². The fraction of sp³-hybridized carbons (Fsp3) is 0.316. The van der Waals surface area contributed by atoms with Gasteiger partial charge in [0.15, 0.2) is 6.10 Å². The number of carbonyl (C=O) groups is 1. The molecule has 0 fully saturated rings. The van der Waals surface area contributed by atoms with Crippen molar-refractivity contribution in [3.8, 4) is 5.75 Å². The number of nitrogens with one attached hydrogen (secondary N) is 1. The molecule has 0 aliphatic heterocycles. The van der Waals surface area contributed by atoms with Crippen LogP contribution in [-0.4, -0.2) is 12.0 Å². The highest BCUT2D eigenvalue weighted by Gasteiger charge is 2.19. The summed E-state index contributed by atoms with van der Waals surface area (Å²) in [6.07, 6.45) is -0.611. The van der Waals surface area contributed by atoms with E-state index in [0.29, 0.717) is 15.8 Å². The molecule has 2 rings (SSSR count). The molecule has 1 N–H and O–H groups in total. The molecule has 5 heteroatoms. The number of hydrogen-bond acceptors (Lipinski definition) is 2. The Balaban J connectivity index is 2.02. The summed E-state index contributed by atoms with van der Waals surface area (Å²) in [6, 6.07) is 10.9. The predicted octanol–water partition coefficient (Wildman–Crippen LogP) is 5.25. The molecule has 0 heterocycles. The van der Waals surface area contributed by atoms with E-state index in [1.54, 1.807) is 19.1 Å². The van der Waals surface area contributed by atoms with Crippen LogP contribution >= 0.6 is 23.2 Å². The number of ether oxygens (including phenoxy) is 1. The summed E-state index contributed by atoms with van der Waals surface area (Å²) in [5.41, 5.74) is 3.01. The van der Waals surface area contributed by atoms with Crippen molar-refractivity contribution >= 4 is 29.1 Å². The summed E-state index contributed by atoms with van der Waals surface area (Å²) in [4.78, 5) is 12.4. The maximum absolute atomic E-state index is 12.4. The number of rotatable bonds is 5. The number of benzene rings is 2. The smallest absolute Gasteiger partial charge is 0.261 e. The lowest BCUT2D eigenvalue weighted by Crippen LogP contribution is -2.37. The molecule has 2 aromatic carbocycles. The summed E-state index contributed by atoms with van der Waals surface area (Å²) < 4.78 is 5.76. The van der Waals surface area contributed by atoms with Gasteiger partial charge in [-0.05, 0) is 68.7 Å². The van der Waals surface area contributed by atoms with E-state index >= 15 is 0 Å². The van der Waals surface area contributed by atoms with Crippen molar-refractivity contribution in [1.82, 2.24) is 5.32 Å². The number of aryl methyl sites for hydroxylation is 2. The Labute approximate surface area is 152 Å². The van der Waals surface area contributed by atoms with E-state index in [9.17, 15) is 4.79 Å². The van der Waals surface area contributed by atoms with Gasteiger partial charge in [-0.3, -0.25) is 4.79 Å². The van der Waals surface area contributed by atoms with Crippen LogP contribution in [0.1, 0.15) is 36.6 Å². The molecule has 0 unspecified atom stereocenters. The van der Waals surface area contributed by atoms with Crippen LogP contribution in [0.2, 0.25) is 10.0 Å². The highest BCUT2D eigenvalue weighted by Crippen LogP contribution is 2.26. The van der Waals surface area contributed by atoms with Crippen molar-refractivity contribution in [2.24, 2.45) is 0 Å². The molecule has 24 heavy (non-hydrogen) atoms. The van der Waals surface area contributed by atoms with Gasteiger partial charge in [0.2, 0.25) is 0 Å². The third-order valence-corrected chi connectivity index (χ3v) is 4.23. The minimum Gasteiger partial charge on any atom is -0.481 e. The van der Waals surface area contributed by atoms with Crippen molar-refractivity contribution in [3.05, 3.63) is 63.1 Å². The quantitative estimate of drug-likeness (QED) is 0.784. The molecule has 0 aromatic heterocycles. The maximum Gasteiger partial charge on any atom is 0.261 e. The van der Waals surface area contributed by atoms with Gasteiger partial charge in [0.25, 0.3) is 5.91 Å². The molecule has 0 aliphatic rings. The molecular weight excluding hydrogens is 345 g/mol. The van der Waals surface area contributed by atoms with E-state index in [2.05, 4.69) is 11.4 Å². The molecule has 2 atom stereocenters.